The van der Waals surface area contributed by atoms with E-state index in [1.807, 2.05) is 0 Å². The van der Waals surface area contributed by atoms with Crippen LogP contribution in [0.2, 0.25) is 0 Å². The first kappa shape index (κ1) is 16.0. The molecule has 1 amide bonds. The summed E-state index contributed by atoms with van der Waals surface area (Å²) < 4.78 is 10.2. The van der Waals surface area contributed by atoms with Crippen LogP contribution in [0.1, 0.15) is 18.5 Å². The quantitative estimate of drug-likeness (QED) is 0.864. The number of amides is 1. The van der Waals surface area contributed by atoms with E-state index in [1.165, 1.54) is 18.9 Å². The molecule has 6 heteroatoms. The Balaban J connectivity index is 2.48. The number of hydrogen-bond donors (Lipinski definition) is 1. The number of benzene rings is 1. The Bertz CT molecular complexity index is 623. The zero-order valence-corrected chi connectivity index (χ0v) is 12.8. The van der Waals surface area contributed by atoms with Crippen LogP contribution in [0.3, 0.4) is 0 Å². The van der Waals surface area contributed by atoms with Gasteiger partial charge in [0.25, 0.3) is 5.91 Å². The Labute approximate surface area is 128 Å². The summed E-state index contributed by atoms with van der Waals surface area (Å²) in [5.74, 6) is -0.768. The summed E-state index contributed by atoms with van der Waals surface area (Å²) in [4.78, 5) is 25.6. The number of Topliss-reactive ketones (excluding diaryl/α,β-unsaturated/α-hetero) is 1. The van der Waals surface area contributed by atoms with Crippen molar-refractivity contribution in [1.29, 1.82) is 0 Å². The van der Waals surface area contributed by atoms with E-state index >= 15 is 0 Å². The monoisotopic (exact) mass is 305 g/mol. The highest BCUT2D eigenvalue weighted by Gasteiger charge is 2.42. The van der Waals surface area contributed by atoms with Gasteiger partial charge in [-0.1, -0.05) is 12.1 Å². The molecule has 0 saturated heterocycles. The van der Waals surface area contributed by atoms with E-state index in [0.717, 1.165) is 0 Å². The number of ketones is 1. The van der Waals surface area contributed by atoms with Crippen molar-refractivity contribution in [2.75, 3.05) is 27.4 Å². The number of methoxy groups -OCH3 is 2. The van der Waals surface area contributed by atoms with Crippen molar-refractivity contribution >= 4 is 11.7 Å². The third-order valence-corrected chi connectivity index (χ3v) is 3.63. The summed E-state index contributed by atoms with van der Waals surface area (Å²) in [6, 6.07) is 6.47. The van der Waals surface area contributed by atoms with Crippen molar-refractivity contribution < 1.29 is 24.2 Å². The van der Waals surface area contributed by atoms with Gasteiger partial charge in [0.05, 0.1) is 25.3 Å². The molecule has 22 heavy (non-hydrogen) atoms. The van der Waals surface area contributed by atoms with Gasteiger partial charge in [0.2, 0.25) is 0 Å². The third-order valence-electron chi connectivity index (χ3n) is 3.63. The molecule has 1 N–H and O–H groups in total. The van der Waals surface area contributed by atoms with E-state index in [2.05, 4.69) is 0 Å². The van der Waals surface area contributed by atoms with Crippen LogP contribution in [0.4, 0.5) is 0 Å². The number of carbonyl (C=O) groups is 2. The lowest BCUT2D eigenvalue weighted by Gasteiger charge is -2.26. The maximum absolute atomic E-state index is 12.2. The number of ether oxygens (including phenoxy) is 2. The summed E-state index contributed by atoms with van der Waals surface area (Å²) in [6.45, 7) is 1.93. The zero-order valence-electron chi connectivity index (χ0n) is 12.8. The Morgan fingerprint density at radius 3 is 2.68 bits per heavy atom. The highest BCUT2D eigenvalue weighted by Crippen LogP contribution is 2.38. The number of rotatable bonds is 6. The standard InChI is InChI=1S/C16H19NO5/c1-10(18)13-14(11-5-4-6-12(9-11)22-3)17(7-8-21-2)16(20)15(13)19/h4-6,9,14,19H,7-8H2,1-3H3/t14-/m1/s1. The molecule has 1 heterocycles. The van der Waals surface area contributed by atoms with Crippen molar-refractivity contribution in [2.45, 2.75) is 13.0 Å². The molecular weight excluding hydrogens is 286 g/mol. The fourth-order valence-corrected chi connectivity index (χ4v) is 2.59. The second-order valence-electron chi connectivity index (χ2n) is 4.99. The molecule has 2 rings (SSSR count). The minimum Gasteiger partial charge on any atom is -0.503 e. The van der Waals surface area contributed by atoms with Gasteiger partial charge in [-0.25, -0.2) is 0 Å². The molecular formula is C16H19NO5. The first-order chi connectivity index (χ1) is 10.5. The number of aliphatic hydroxyl groups excluding tert-OH is 1. The molecule has 0 radical (unpaired) electrons. The van der Waals surface area contributed by atoms with Crippen molar-refractivity contribution in [3.05, 3.63) is 41.2 Å². The Hall–Kier alpha value is -2.34. The summed E-state index contributed by atoms with van der Waals surface area (Å²) in [7, 11) is 3.07. The SMILES string of the molecule is COCCN1C(=O)C(O)=C(C(C)=O)[C@H]1c1cccc(OC)c1. The predicted molar refractivity (Wildman–Crippen MR) is 79.7 cm³/mol. The lowest BCUT2D eigenvalue weighted by atomic mass is 9.96. The van der Waals surface area contributed by atoms with E-state index < -0.39 is 17.7 Å². The molecule has 1 aliphatic rings. The van der Waals surface area contributed by atoms with E-state index in [4.69, 9.17) is 9.47 Å². The van der Waals surface area contributed by atoms with Gasteiger partial charge >= 0.3 is 0 Å². The van der Waals surface area contributed by atoms with Gasteiger partial charge in [-0.2, -0.15) is 0 Å². The Morgan fingerprint density at radius 2 is 2.09 bits per heavy atom. The van der Waals surface area contributed by atoms with Gasteiger partial charge in [-0.05, 0) is 24.6 Å². The molecule has 6 nitrogen and oxygen atoms in total. The van der Waals surface area contributed by atoms with Crippen LogP contribution in [0.15, 0.2) is 35.6 Å². The Morgan fingerprint density at radius 1 is 1.36 bits per heavy atom. The second-order valence-corrected chi connectivity index (χ2v) is 4.99. The average Bonchev–Trinajstić information content (AvgIpc) is 2.77. The van der Waals surface area contributed by atoms with Crippen LogP contribution >= 0.6 is 0 Å². The van der Waals surface area contributed by atoms with Gasteiger partial charge < -0.3 is 19.5 Å². The normalized spacial score (nSPS) is 18.0. The van der Waals surface area contributed by atoms with Gasteiger partial charge in [-0.3, -0.25) is 9.59 Å². The van der Waals surface area contributed by atoms with Crippen molar-refractivity contribution in [2.24, 2.45) is 0 Å². The lowest BCUT2D eigenvalue weighted by Crippen LogP contribution is -2.33. The maximum Gasteiger partial charge on any atom is 0.290 e. The lowest BCUT2D eigenvalue weighted by molar-refractivity contribution is -0.130. The van der Waals surface area contributed by atoms with Crippen molar-refractivity contribution in [1.82, 2.24) is 4.90 Å². The summed E-state index contributed by atoms with van der Waals surface area (Å²) in [5, 5.41) is 10.1. The number of hydrogen-bond acceptors (Lipinski definition) is 5. The van der Waals surface area contributed by atoms with Gasteiger partial charge in [0, 0.05) is 13.7 Å². The first-order valence-corrected chi connectivity index (χ1v) is 6.89. The van der Waals surface area contributed by atoms with Crippen LogP contribution in [0.25, 0.3) is 0 Å². The molecule has 0 aromatic heterocycles. The minimum atomic E-state index is -0.629. The molecule has 0 aliphatic carbocycles. The van der Waals surface area contributed by atoms with Crippen LogP contribution < -0.4 is 4.74 Å². The molecule has 0 unspecified atom stereocenters. The summed E-state index contributed by atoms with van der Waals surface area (Å²) >= 11 is 0. The smallest absolute Gasteiger partial charge is 0.290 e. The zero-order chi connectivity index (χ0) is 16.3. The predicted octanol–water partition coefficient (Wildman–Crippen LogP) is 1.63. The largest absolute Gasteiger partial charge is 0.503 e. The maximum atomic E-state index is 12.2. The summed E-state index contributed by atoms with van der Waals surface area (Å²) in [5.41, 5.74) is 0.812. The van der Waals surface area contributed by atoms with Gasteiger partial charge in [0.1, 0.15) is 5.75 Å². The van der Waals surface area contributed by atoms with Crippen molar-refractivity contribution in [3.8, 4) is 5.75 Å². The van der Waals surface area contributed by atoms with Crippen LogP contribution in [-0.4, -0.2) is 49.1 Å². The molecule has 1 atom stereocenters. The van der Waals surface area contributed by atoms with Crippen LogP contribution in [0.5, 0.6) is 5.75 Å². The number of aliphatic hydroxyl groups is 1. The number of nitrogens with zero attached hydrogens (tertiary/aromatic N) is 1. The van der Waals surface area contributed by atoms with Gasteiger partial charge in [0.15, 0.2) is 11.5 Å². The third kappa shape index (κ3) is 2.82. The highest BCUT2D eigenvalue weighted by molar-refractivity contribution is 6.08. The first-order valence-electron chi connectivity index (χ1n) is 6.89. The van der Waals surface area contributed by atoms with Crippen LogP contribution in [-0.2, 0) is 14.3 Å². The highest BCUT2D eigenvalue weighted by atomic mass is 16.5. The van der Waals surface area contributed by atoms with E-state index in [9.17, 15) is 14.7 Å². The van der Waals surface area contributed by atoms with Crippen LogP contribution in [0, 0.1) is 0 Å². The molecule has 1 aliphatic heterocycles. The van der Waals surface area contributed by atoms with Crippen molar-refractivity contribution in [3.63, 3.8) is 0 Å². The van der Waals surface area contributed by atoms with E-state index in [1.54, 1.807) is 31.4 Å². The Kier molecular flexibility index (Phi) is 4.82. The fourth-order valence-electron chi connectivity index (χ4n) is 2.59. The minimum absolute atomic E-state index is 0.106. The molecule has 0 fully saturated rings. The summed E-state index contributed by atoms with van der Waals surface area (Å²) in [6.07, 6.45) is 0. The molecule has 118 valence electrons. The molecule has 1 aromatic rings. The second kappa shape index (κ2) is 6.62. The van der Waals surface area contributed by atoms with E-state index in [0.29, 0.717) is 17.9 Å². The average molecular weight is 305 g/mol. The molecule has 0 spiro atoms. The van der Waals surface area contributed by atoms with Gasteiger partial charge in [-0.15, -0.1) is 0 Å². The topological polar surface area (TPSA) is 76.1 Å². The fraction of sp³-hybridized carbons (Fsp3) is 0.375. The molecule has 0 bridgehead atoms. The molecule has 1 aromatic carbocycles. The number of carbonyl (C=O) groups excluding carboxylic acids is 2. The van der Waals surface area contributed by atoms with E-state index in [-0.39, 0.29) is 17.9 Å². The molecule has 0 saturated carbocycles.